The first-order chi connectivity index (χ1) is 10.7. The van der Waals surface area contributed by atoms with Gasteiger partial charge in [0.25, 0.3) is 5.91 Å². The van der Waals surface area contributed by atoms with Gasteiger partial charge in [0, 0.05) is 16.5 Å². The second-order valence-electron chi connectivity index (χ2n) is 4.76. The number of hydrogen-bond acceptors (Lipinski definition) is 1. The van der Waals surface area contributed by atoms with E-state index in [1.807, 2.05) is 24.3 Å². The monoisotopic (exact) mass is 292 g/mol. The standard InChI is InChI=1S/C18H13FN2O/c19-15-9-7-13(8-10-15)4-3-11-20-18(22)17-12-14-5-1-2-6-16(14)21-17/h1-2,5-10,12,21H,11H2,(H,20,22). The highest BCUT2D eigenvalue weighted by atomic mass is 19.1. The highest BCUT2D eigenvalue weighted by Crippen LogP contribution is 2.14. The van der Waals surface area contributed by atoms with Crippen LogP contribution >= 0.6 is 0 Å². The highest BCUT2D eigenvalue weighted by molar-refractivity contribution is 5.98. The van der Waals surface area contributed by atoms with Gasteiger partial charge in [0.05, 0.1) is 6.54 Å². The van der Waals surface area contributed by atoms with Crippen molar-refractivity contribution >= 4 is 16.8 Å². The van der Waals surface area contributed by atoms with Gasteiger partial charge in [-0.2, -0.15) is 0 Å². The maximum absolute atomic E-state index is 12.7. The van der Waals surface area contributed by atoms with Crippen LogP contribution in [0.25, 0.3) is 10.9 Å². The Morgan fingerprint density at radius 1 is 1.14 bits per heavy atom. The topological polar surface area (TPSA) is 44.9 Å². The van der Waals surface area contributed by atoms with Crippen LogP contribution in [0.2, 0.25) is 0 Å². The third-order valence-corrected chi connectivity index (χ3v) is 3.19. The van der Waals surface area contributed by atoms with Crippen molar-refractivity contribution in [2.24, 2.45) is 0 Å². The van der Waals surface area contributed by atoms with Gasteiger partial charge in [-0.15, -0.1) is 0 Å². The summed E-state index contributed by atoms with van der Waals surface area (Å²) in [5.74, 6) is 5.20. The van der Waals surface area contributed by atoms with Crippen molar-refractivity contribution in [2.45, 2.75) is 0 Å². The molecule has 0 aliphatic rings. The summed E-state index contributed by atoms with van der Waals surface area (Å²) in [6.07, 6.45) is 0. The van der Waals surface area contributed by atoms with Gasteiger partial charge in [-0.05, 0) is 36.4 Å². The van der Waals surface area contributed by atoms with E-state index in [1.165, 1.54) is 12.1 Å². The molecule has 0 saturated heterocycles. The first-order valence-corrected chi connectivity index (χ1v) is 6.83. The number of rotatable bonds is 2. The molecular weight excluding hydrogens is 279 g/mol. The highest BCUT2D eigenvalue weighted by Gasteiger charge is 2.07. The smallest absolute Gasteiger partial charge is 0.268 e. The minimum absolute atomic E-state index is 0.204. The van der Waals surface area contributed by atoms with Crippen LogP contribution in [0.1, 0.15) is 16.1 Å². The fourth-order valence-electron chi connectivity index (χ4n) is 2.09. The van der Waals surface area contributed by atoms with Crippen molar-refractivity contribution < 1.29 is 9.18 Å². The van der Waals surface area contributed by atoms with Crippen LogP contribution in [-0.2, 0) is 0 Å². The predicted molar refractivity (Wildman–Crippen MR) is 83.9 cm³/mol. The zero-order chi connectivity index (χ0) is 15.4. The Labute approximate surface area is 127 Å². The second-order valence-corrected chi connectivity index (χ2v) is 4.76. The molecular formula is C18H13FN2O. The van der Waals surface area contributed by atoms with Crippen molar-refractivity contribution in [2.75, 3.05) is 6.54 Å². The number of aromatic amines is 1. The first-order valence-electron chi connectivity index (χ1n) is 6.83. The van der Waals surface area contributed by atoms with Crippen LogP contribution in [-0.4, -0.2) is 17.4 Å². The minimum atomic E-state index is -0.294. The lowest BCUT2D eigenvalue weighted by molar-refractivity contribution is 0.0954. The zero-order valence-electron chi connectivity index (χ0n) is 11.7. The van der Waals surface area contributed by atoms with Gasteiger partial charge in [-0.1, -0.05) is 30.0 Å². The van der Waals surface area contributed by atoms with Gasteiger partial charge in [-0.25, -0.2) is 4.39 Å². The molecule has 0 fully saturated rings. The summed E-state index contributed by atoms with van der Waals surface area (Å²) in [4.78, 5) is 15.1. The summed E-state index contributed by atoms with van der Waals surface area (Å²) in [5, 5.41) is 3.71. The number of aromatic nitrogens is 1. The predicted octanol–water partition coefficient (Wildman–Crippen LogP) is 3.09. The van der Waals surface area contributed by atoms with Crippen LogP contribution < -0.4 is 5.32 Å². The molecule has 0 aliphatic carbocycles. The van der Waals surface area contributed by atoms with Crippen LogP contribution in [0.5, 0.6) is 0 Å². The Hall–Kier alpha value is -3.06. The third-order valence-electron chi connectivity index (χ3n) is 3.19. The average Bonchev–Trinajstić information content (AvgIpc) is 2.97. The van der Waals surface area contributed by atoms with Crippen LogP contribution in [0.4, 0.5) is 4.39 Å². The lowest BCUT2D eigenvalue weighted by Gasteiger charge is -1.97. The molecule has 4 heteroatoms. The molecule has 0 bridgehead atoms. The van der Waals surface area contributed by atoms with Crippen LogP contribution in [0.3, 0.4) is 0 Å². The Balaban J connectivity index is 1.62. The lowest BCUT2D eigenvalue weighted by Crippen LogP contribution is -2.23. The van der Waals surface area contributed by atoms with E-state index < -0.39 is 0 Å². The molecule has 0 unspecified atom stereocenters. The van der Waals surface area contributed by atoms with E-state index >= 15 is 0 Å². The molecule has 3 rings (SSSR count). The molecule has 2 N–H and O–H groups in total. The van der Waals surface area contributed by atoms with Gasteiger partial charge >= 0.3 is 0 Å². The zero-order valence-corrected chi connectivity index (χ0v) is 11.7. The van der Waals surface area contributed by atoms with Gasteiger partial charge in [0.2, 0.25) is 0 Å². The summed E-state index contributed by atoms with van der Waals surface area (Å²) >= 11 is 0. The van der Waals surface area contributed by atoms with E-state index in [0.717, 1.165) is 10.9 Å². The normalized spacial score (nSPS) is 10.0. The Morgan fingerprint density at radius 2 is 1.91 bits per heavy atom. The third kappa shape index (κ3) is 3.15. The molecule has 2 aromatic carbocycles. The van der Waals surface area contributed by atoms with E-state index in [0.29, 0.717) is 11.3 Å². The first kappa shape index (κ1) is 13.9. The van der Waals surface area contributed by atoms with E-state index in [1.54, 1.807) is 18.2 Å². The van der Waals surface area contributed by atoms with Crippen molar-refractivity contribution in [1.82, 2.24) is 10.3 Å². The van der Waals surface area contributed by atoms with E-state index in [2.05, 4.69) is 22.1 Å². The molecule has 0 aliphatic heterocycles. The number of amides is 1. The van der Waals surface area contributed by atoms with Gasteiger partial charge in [0.1, 0.15) is 11.5 Å². The number of carbonyl (C=O) groups is 1. The lowest BCUT2D eigenvalue weighted by atomic mass is 10.2. The van der Waals surface area contributed by atoms with Crippen molar-refractivity contribution in [3.8, 4) is 11.8 Å². The van der Waals surface area contributed by atoms with Crippen molar-refractivity contribution in [3.63, 3.8) is 0 Å². The fourth-order valence-corrected chi connectivity index (χ4v) is 2.09. The van der Waals surface area contributed by atoms with Crippen LogP contribution in [0, 0.1) is 17.7 Å². The molecule has 22 heavy (non-hydrogen) atoms. The summed E-state index contributed by atoms with van der Waals surface area (Å²) in [7, 11) is 0. The summed E-state index contributed by atoms with van der Waals surface area (Å²) in [5.41, 5.74) is 2.14. The van der Waals surface area contributed by atoms with Crippen molar-refractivity contribution in [1.29, 1.82) is 0 Å². The average molecular weight is 292 g/mol. The summed E-state index contributed by atoms with van der Waals surface area (Å²) < 4.78 is 12.7. The molecule has 1 aromatic heterocycles. The van der Waals surface area contributed by atoms with Crippen LogP contribution in [0.15, 0.2) is 54.6 Å². The maximum atomic E-state index is 12.7. The van der Waals surface area contributed by atoms with E-state index in [4.69, 9.17) is 0 Å². The number of benzene rings is 2. The van der Waals surface area contributed by atoms with Gasteiger partial charge < -0.3 is 10.3 Å². The molecule has 0 atom stereocenters. The molecule has 0 spiro atoms. The largest absolute Gasteiger partial charge is 0.351 e. The molecule has 108 valence electrons. The van der Waals surface area contributed by atoms with E-state index in [9.17, 15) is 9.18 Å². The number of carbonyl (C=O) groups excluding carboxylic acids is 1. The molecule has 0 radical (unpaired) electrons. The molecule has 0 saturated carbocycles. The molecule has 1 amide bonds. The Bertz CT molecular complexity index is 836. The SMILES string of the molecule is O=C(NCC#Cc1ccc(F)cc1)c1cc2ccccc2[nH]1. The number of para-hydroxylation sites is 1. The van der Waals surface area contributed by atoms with E-state index in [-0.39, 0.29) is 18.3 Å². The van der Waals surface area contributed by atoms with Gasteiger partial charge in [-0.3, -0.25) is 4.79 Å². The Morgan fingerprint density at radius 3 is 2.68 bits per heavy atom. The van der Waals surface area contributed by atoms with Gasteiger partial charge in [0.15, 0.2) is 0 Å². The maximum Gasteiger partial charge on any atom is 0.268 e. The second kappa shape index (κ2) is 6.15. The number of H-pyrrole nitrogens is 1. The molecule has 3 aromatic rings. The summed E-state index contributed by atoms with van der Waals surface area (Å²) in [6.45, 7) is 0.228. The fraction of sp³-hybridized carbons (Fsp3) is 0.0556. The molecule has 3 nitrogen and oxygen atoms in total. The minimum Gasteiger partial charge on any atom is -0.351 e. The van der Waals surface area contributed by atoms with Crippen molar-refractivity contribution in [3.05, 3.63) is 71.7 Å². The summed E-state index contributed by atoms with van der Waals surface area (Å²) in [6, 6.07) is 15.4. The number of halogens is 1. The number of hydrogen-bond donors (Lipinski definition) is 2. The Kier molecular flexibility index (Phi) is 3.88. The molecule has 1 heterocycles. The number of fused-ring (bicyclic) bond motifs is 1. The number of nitrogens with one attached hydrogen (secondary N) is 2. The quantitative estimate of drug-likeness (QED) is 0.700.